The van der Waals surface area contributed by atoms with Crippen LogP contribution in [0.4, 0.5) is 0 Å². The van der Waals surface area contributed by atoms with Crippen molar-refractivity contribution in [2.75, 3.05) is 7.11 Å². The van der Waals surface area contributed by atoms with E-state index >= 15 is 0 Å². The lowest BCUT2D eigenvalue weighted by molar-refractivity contribution is 0.0597. The summed E-state index contributed by atoms with van der Waals surface area (Å²) in [5, 5.41) is 2.94. The van der Waals surface area contributed by atoms with E-state index in [9.17, 15) is 4.79 Å². The second-order valence-corrected chi connectivity index (χ2v) is 4.98. The van der Waals surface area contributed by atoms with E-state index in [0.717, 1.165) is 27.2 Å². The fraction of sp³-hybridized carbons (Fsp3) is 0.176. The van der Waals surface area contributed by atoms with Crippen LogP contribution in [0.2, 0.25) is 0 Å². The molecule has 0 atom stereocenters. The number of fused-ring (bicyclic) bond motifs is 3. The predicted octanol–water partition coefficient (Wildman–Crippen LogP) is 3.79. The molecule has 0 saturated heterocycles. The first-order valence-electron chi connectivity index (χ1n) is 6.50. The lowest BCUT2D eigenvalue weighted by Crippen LogP contribution is -2.06. The molecule has 20 heavy (non-hydrogen) atoms. The van der Waals surface area contributed by atoms with Gasteiger partial charge in [-0.25, -0.2) is 9.78 Å². The third-order valence-corrected chi connectivity index (χ3v) is 3.52. The monoisotopic (exact) mass is 265 g/mol. The summed E-state index contributed by atoms with van der Waals surface area (Å²) in [6, 6.07) is 12.0. The van der Waals surface area contributed by atoms with Crippen molar-refractivity contribution in [2.45, 2.75) is 13.8 Å². The topological polar surface area (TPSA) is 39.2 Å². The molecule has 0 unspecified atom stereocenters. The SMILES string of the molecule is COC(=O)c1nc2c(C)cc(C)cc2c2ccccc12. The molecule has 3 aromatic rings. The van der Waals surface area contributed by atoms with Gasteiger partial charge in [-0.2, -0.15) is 0 Å². The van der Waals surface area contributed by atoms with Gasteiger partial charge in [0.05, 0.1) is 12.6 Å². The second-order valence-electron chi connectivity index (χ2n) is 4.98. The Morgan fingerprint density at radius 1 is 1.05 bits per heavy atom. The quantitative estimate of drug-likeness (QED) is 0.496. The number of esters is 1. The Hall–Kier alpha value is -2.42. The number of pyridine rings is 1. The number of rotatable bonds is 1. The van der Waals surface area contributed by atoms with Crippen LogP contribution in [0.25, 0.3) is 21.7 Å². The van der Waals surface area contributed by atoms with Crippen LogP contribution in [-0.2, 0) is 4.74 Å². The molecule has 0 saturated carbocycles. The van der Waals surface area contributed by atoms with Crippen molar-refractivity contribution < 1.29 is 9.53 Å². The average molecular weight is 265 g/mol. The maximum absolute atomic E-state index is 12.0. The third-order valence-electron chi connectivity index (χ3n) is 3.52. The van der Waals surface area contributed by atoms with Crippen molar-refractivity contribution in [1.29, 1.82) is 0 Å². The molecule has 0 bridgehead atoms. The molecular formula is C17H15NO2. The Balaban J connectivity index is 2.55. The molecule has 100 valence electrons. The van der Waals surface area contributed by atoms with Crippen LogP contribution in [0.1, 0.15) is 21.6 Å². The molecule has 0 radical (unpaired) electrons. The molecule has 0 aliphatic rings. The lowest BCUT2D eigenvalue weighted by atomic mass is 9.99. The van der Waals surface area contributed by atoms with E-state index in [1.54, 1.807) is 0 Å². The first-order valence-corrected chi connectivity index (χ1v) is 6.50. The summed E-state index contributed by atoms with van der Waals surface area (Å²) >= 11 is 0. The number of aryl methyl sites for hydroxylation is 2. The standard InChI is InChI=1S/C17H15NO2/c1-10-8-11(2)15-14(9-10)12-6-4-5-7-13(12)16(18-15)17(19)20-3/h4-9H,1-3H3. The van der Waals surface area contributed by atoms with E-state index in [-0.39, 0.29) is 0 Å². The van der Waals surface area contributed by atoms with Gasteiger partial charge in [0, 0.05) is 10.8 Å². The minimum Gasteiger partial charge on any atom is -0.464 e. The largest absolute Gasteiger partial charge is 0.464 e. The number of carbonyl (C=O) groups excluding carboxylic acids is 1. The Bertz CT molecular complexity index is 837. The van der Waals surface area contributed by atoms with Crippen LogP contribution in [0.5, 0.6) is 0 Å². The van der Waals surface area contributed by atoms with Gasteiger partial charge in [0.1, 0.15) is 0 Å². The molecule has 0 aliphatic carbocycles. The molecule has 2 aromatic carbocycles. The summed E-state index contributed by atoms with van der Waals surface area (Å²) in [6.07, 6.45) is 0. The number of hydrogen-bond donors (Lipinski definition) is 0. The van der Waals surface area contributed by atoms with Gasteiger partial charge in [-0.05, 0) is 30.9 Å². The zero-order chi connectivity index (χ0) is 14.3. The Kier molecular flexibility index (Phi) is 2.90. The second kappa shape index (κ2) is 4.60. The van der Waals surface area contributed by atoms with Gasteiger partial charge in [-0.3, -0.25) is 0 Å². The van der Waals surface area contributed by atoms with Crippen LogP contribution in [-0.4, -0.2) is 18.1 Å². The van der Waals surface area contributed by atoms with Gasteiger partial charge in [-0.1, -0.05) is 35.9 Å². The number of hydrogen-bond acceptors (Lipinski definition) is 3. The molecule has 3 heteroatoms. The summed E-state index contributed by atoms with van der Waals surface area (Å²) in [5.74, 6) is -0.400. The smallest absolute Gasteiger partial charge is 0.357 e. The van der Waals surface area contributed by atoms with Gasteiger partial charge < -0.3 is 4.74 Å². The highest BCUT2D eigenvalue weighted by atomic mass is 16.5. The van der Waals surface area contributed by atoms with Gasteiger partial charge >= 0.3 is 5.97 Å². The summed E-state index contributed by atoms with van der Waals surface area (Å²) < 4.78 is 4.86. The number of aromatic nitrogens is 1. The minimum atomic E-state index is -0.400. The Morgan fingerprint density at radius 2 is 1.75 bits per heavy atom. The summed E-state index contributed by atoms with van der Waals surface area (Å²) in [7, 11) is 1.38. The van der Waals surface area contributed by atoms with Crippen molar-refractivity contribution in [1.82, 2.24) is 4.98 Å². The number of benzene rings is 2. The van der Waals surface area contributed by atoms with Crippen LogP contribution < -0.4 is 0 Å². The normalized spacial score (nSPS) is 10.9. The van der Waals surface area contributed by atoms with E-state index in [0.29, 0.717) is 5.69 Å². The van der Waals surface area contributed by atoms with Crippen LogP contribution >= 0.6 is 0 Å². The molecule has 0 spiro atoms. The fourth-order valence-corrected chi connectivity index (χ4v) is 2.66. The van der Waals surface area contributed by atoms with Crippen LogP contribution in [0.3, 0.4) is 0 Å². The average Bonchev–Trinajstić information content (AvgIpc) is 2.46. The van der Waals surface area contributed by atoms with Gasteiger partial charge in [0.15, 0.2) is 5.69 Å². The highest BCUT2D eigenvalue weighted by Gasteiger charge is 2.16. The summed E-state index contributed by atoms with van der Waals surface area (Å²) in [4.78, 5) is 16.5. The van der Waals surface area contributed by atoms with E-state index in [2.05, 4.69) is 24.0 Å². The minimum absolute atomic E-state index is 0.377. The molecule has 3 rings (SSSR count). The first kappa shape index (κ1) is 12.6. The fourth-order valence-electron chi connectivity index (χ4n) is 2.66. The maximum Gasteiger partial charge on any atom is 0.357 e. The third kappa shape index (κ3) is 1.83. The Labute approximate surface area is 117 Å². The van der Waals surface area contributed by atoms with Gasteiger partial charge in [-0.15, -0.1) is 0 Å². The van der Waals surface area contributed by atoms with Crippen molar-refractivity contribution in [3.8, 4) is 0 Å². The molecular weight excluding hydrogens is 250 g/mol. The van der Waals surface area contributed by atoms with E-state index in [4.69, 9.17) is 4.74 Å². The van der Waals surface area contributed by atoms with Crippen molar-refractivity contribution in [2.24, 2.45) is 0 Å². The Morgan fingerprint density at radius 3 is 2.45 bits per heavy atom. The first-order chi connectivity index (χ1) is 9.61. The van der Waals surface area contributed by atoms with Crippen molar-refractivity contribution in [3.63, 3.8) is 0 Å². The number of nitrogens with zero attached hydrogens (tertiary/aromatic N) is 1. The number of ether oxygens (including phenoxy) is 1. The maximum atomic E-state index is 12.0. The zero-order valence-corrected chi connectivity index (χ0v) is 11.7. The van der Waals surface area contributed by atoms with Crippen molar-refractivity contribution >= 4 is 27.6 Å². The highest BCUT2D eigenvalue weighted by molar-refractivity contribution is 6.13. The van der Waals surface area contributed by atoms with Crippen molar-refractivity contribution in [3.05, 3.63) is 53.2 Å². The highest BCUT2D eigenvalue weighted by Crippen LogP contribution is 2.29. The number of carbonyl (C=O) groups is 1. The van der Waals surface area contributed by atoms with Gasteiger partial charge in [0.2, 0.25) is 0 Å². The number of methoxy groups -OCH3 is 1. The molecule has 1 aromatic heterocycles. The molecule has 0 N–H and O–H groups in total. The zero-order valence-electron chi connectivity index (χ0n) is 11.7. The van der Waals surface area contributed by atoms with E-state index in [1.165, 1.54) is 12.7 Å². The molecule has 0 aliphatic heterocycles. The molecule has 0 amide bonds. The summed E-state index contributed by atoms with van der Waals surface area (Å²) in [6.45, 7) is 4.08. The lowest BCUT2D eigenvalue weighted by Gasteiger charge is -2.10. The molecule has 3 nitrogen and oxygen atoms in total. The summed E-state index contributed by atoms with van der Waals surface area (Å²) in [5.41, 5.74) is 3.49. The predicted molar refractivity (Wildman–Crippen MR) is 80.1 cm³/mol. The van der Waals surface area contributed by atoms with Crippen LogP contribution in [0.15, 0.2) is 36.4 Å². The molecule has 1 heterocycles. The van der Waals surface area contributed by atoms with E-state index < -0.39 is 5.97 Å². The van der Waals surface area contributed by atoms with E-state index in [1.807, 2.05) is 31.2 Å². The van der Waals surface area contributed by atoms with Crippen LogP contribution in [0, 0.1) is 13.8 Å². The van der Waals surface area contributed by atoms with Gasteiger partial charge in [0.25, 0.3) is 0 Å². The molecule has 0 fully saturated rings.